The van der Waals surface area contributed by atoms with E-state index in [0.29, 0.717) is 61.9 Å². The molecule has 2 aromatic carbocycles. The van der Waals surface area contributed by atoms with Gasteiger partial charge in [-0.2, -0.15) is 0 Å². The zero-order chi connectivity index (χ0) is 42.4. The number of H-pyrrole nitrogens is 1. The number of fused-ring (bicyclic) bond motifs is 5. The van der Waals surface area contributed by atoms with Gasteiger partial charge in [0.05, 0.1) is 19.1 Å². The fraction of sp³-hybridized carbons (Fsp3) is 0.478. The van der Waals surface area contributed by atoms with Crippen LogP contribution in [0.25, 0.3) is 16.6 Å². The number of halogens is 2. The zero-order valence-electron chi connectivity index (χ0n) is 34.7. The second kappa shape index (κ2) is 14.8. The first-order chi connectivity index (χ1) is 29.2. The Morgan fingerprint density at radius 3 is 2.33 bits per heavy atom. The molecule has 4 amide bonds. The van der Waals surface area contributed by atoms with Crippen LogP contribution in [0, 0.1) is 5.41 Å². The summed E-state index contributed by atoms with van der Waals surface area (Å²) < 4.78 is 29.2. The average molecular weight is 832 g/mol. The molecule has 0 bridgehead atoms. The van der Waals surface area contributed by atoms with Gasteiger partial charge in [-0.05, 0) is 85.8 Å². The molecule has 2 unspecified atom stereocenters. The van der Waals surface area contributed by atoms with Crippen molar-refractivity contribution in [2.45, 2.75) is 95.9 Å². The molecule has 0 saturated carbocycles. The van der Waals surface area contributed by atoms with E-state index in [-0.39, 0.29) is 48.6 Å². The number of anilines is 1. The van der Waals surface area contributed by atoms with Gasteiger partial charge in [0.1, 0.15) is 6.04 Å². The Balaban J connectivity index is 0.739. The highest BCUT2D eigenvalue weighted by Crippen LogP contribution is 2.44. The van der Waals surface area contributed by atoms with Crippen LogP contribution in [0.1, 0.15) is 102 Å². The Kier molecular flexibility index (Phi) is 9.62. The standard InChI is InChI=1S/C46H51F2N9O4/c1-27-18-34-32-6-4-5-7-36(32)51-40(34)41(56(27)26-45(3,47)48)31-21-49-44(50-22-31)55-16-12-46(13-17-55)10-14-54(15-11-46)39(59)25-53-23-29-19-33-28(2)57(37-8-9-38(58)52-42(37)60)43(61)35(33)20-30(29)24-53/h4-7,19-22,27,37,41,51H,2,8-18,23-26H2,1,3H3,(H,52,58,60)/t27-,37?,41?/m1/s1. The molecule has 1 spiro atoms. The van der Waals surface area contributed by atoms with Crippen LogP contribution in [-0.2, 0) is 33.9 Å². The molecular formula is C46H51F2N9O4. The molecule has 3 fully saturated rings. The molecule has 6 aliphatic heterocycles. The second-order valence-corrected chi connectivity index (χ2v) is 18.3. The number of aromatic amines is 1. The quantitative estimate of drug-likeness (QED) is 0.235. The number of likely N-dealkylation sites (tertiary alicyclic amines) is 1. The highest BCUT2D eigenvalue weighted by Gasteiger charge is 2.44. The highest BCUT2D eigenvalue weighted by molar-refractivity contribution is 6.12. The second-order valence-electron chi connectivity index (χ2n) is 18.3. The van der Waals surface area contributed by atoms with Gasteiger partial charge in [-0.3, -0.25) is 39.2 Å². The van der Waals surface area contributed by atoms with E-state index in [0.717, 1.165) is 79.0 Å². The summed E-state index contributed by atoms with van der Waals surface area (Å²) in [5.74, 6) is -3.19. The summed E-state index contributed by atoms with van der Waals surface area (Å²) in [4.78, 5) is 74.2. The summed E-state index contributed by atoms with van der Waals surface area (Å²) in [7, 11) is 0. The molecule has 10 rings (SSSR count). The predicted molar refractivity (Wildman–Crippen MR) is 224 cm³/mol. The molecule has 13 nitrogen and oxygen atoms in total. The Bertz CT molecular complexity index is 2420. The van der Waals surface area contributed by atoms with Crippen molar-refractivity contribution in [1.82, 2.24) is 39.9 Å². The van der Waals surface area contributed by atoms with Crippen molar-refractivity contribution in [2.75, 3.05) is 44.2 Å². The van der Waals surface area contributed by atoms with Crippen molar-refractivity contribution in [3.05, 3.63) is 94.4 Å². The Morgan fingerprint density at radius 1 is 0.967 bits per heavy atom. The number of imide groups is 1. The fourth-order valence-electron chi connectivity index (χ4n) is 11.0. The van der Waals surface area contributed by atoms with E-state index in [1.54, 1.807) is 0 Å². The van der Waals surface area contributed by atoms with Crippen LogP contribution in [0.4, 0.5) is 14.7 Å². The fourth-order valence-corrected chi connectivity index (χ4v) is 11.0. The number of nitrogens with one attached hydrogen (secondary N) is 2. The third-order valence-electron chi connectivity index (χ3n) is 14.3. The number of piperidine rings is 3. The van der Waals surface area contributed by atoms with Crippen LogP contribution in [0.5, 0.6) is 0 Å². The van der Waals surface area contributed by atoms with E-state index in [4.69, 9.17) is 9.97 Å². The lowest BCUT2D eigenvalue weighted by Gasteiger charge is -2.47. The maximum atomic E-state index is 14.6. The normalized spacial score (nSPS) is 24.4. The summed E-state index contributed by atoms with van der Waals surface area (Å²) in [6, 6.07) is 10.7. The number of rotatable bonds is 7. The van der Waals surface area contributed by atoms with Gasteiger partial charge in [0.2, 0.25) is 23.7 Å². The number of aromatic nitrogens is 3. The van der Waals surface area contributed by atoms with Crippen LogP contribution in [0.2, 0.25) is 0 Å². The Labute approximate surface area is 353 Å². The number of alkyl halides is 2. The van der Waals surface area contributed by atoms with Crippen molar-refractivity contribution in [1.29, 1.82) is 0 Å². The molecule has 3 atom stereocenters. The van der Waals surface area contributed by atoms with E-state index < -0.39 is 23.9 Å². The number of nitrogens with zero attached hydrogens (tertiary/aromatic N) is 7. The summed E-state index contributed by atoms with van der Waals surface area (Å²) in [6.07, 6.45) is 8.60. The lowest BCUT2D eigenvalue weighted by molar-refractivity contribution is -0.136. The lowest BCUT2D eigenvalue weighted by Crippen LogP contribution is -2.52. The summed E-state index contributed by atoms with van der Waals surface area (Å²) in [6.45, 7) is 11.3. The lowest BCUT2D eigenvalue weighted by atomic mass is 9.71. The summed E-state index contributed by atoms with van der Waals surface area (Å²) in [5, 5.41) is 3.47. The van der Waals surface area contributed by atoms with Crippen molar-refractivity contribution in [3.8, 4) is 0 Å². The van der Waals surface area contributed by atoms with Gasteiger partial charge in [0, 0.05) is 110 Å². The molecular weight excluding hydrogens is 781 g/mol. The highest BCUT2D eigenvalue weighted by atomic mass is 19.3. The van der Waals surface area contributed by atoms with E-state index in [9.17, 15) is 28.0 Å². The van der Waals surface area contributed by atoms with Crippen molar-refractivity contribution in [2.24, 2.45) is 5.41 Å². The smallest absolute Gasteiger partial charge is 0.259 e. The van der Waals surface area contributed by atoms with Crippen LogP contribution in [-0.4, -0.2) is 115 Å². The molecule has 61 heavy (non-hydrogen) atoms. The van der Waals surface area contributed by atoms with Gasteiger partial charge in [-0.25, -0.2) is 18.7 Å². The minimum Gasteiger partial charge on any atom is -0.357 e. The van der Waals surface area contributed by atoms with Crippen molar-refractivity contribution < 1.29 is 28.0 Å². The summed E-state index contributed by atoms with van der Waals surface area (Å²) in [5.41, 5.74) is 7.76. The molecule has 2 N–H and O–H groups in total. The third kappa shape index (κ3) is 7.08. The molecule has 318 valence electrons. The van der Waals surface area contributed by atoms with Crippen molar-refractivity contribution >= 4 is 46.2 Å². The Morgan fingerprint density at radius 2 is 1.64 bits per heavy atom. The first-order valence-electron chi connectivity index (χ1n) is 21.6. The van der Waals surface area contributed by atoms with E-state index in [1.807, 2.05) is 59.4 Å². The molecule has 8 heterocycles. The number of hydrogen-bond acceptors (Lipinski definition) is 9. The first-order valence-corrected chi connectivity index (χ1v) is 21.6. The van der Waals surface area contributed by atoms with Gasteiger partial charge < -0.3 is 14.8 Å². The minimum absolute atomic E-state index is 0.0991. The first kappa shape index (κ1) is 39.6. The van der Waals surface area contributed by atoms with Crippen LogP contribution >= 0.6 is 0 Å². The van der Waals surface area contributed by atoms with Crippen molar-refractivity contribution in [3.63, 3.8) is 0 Å². The van der Waals surface area contributed by atoms with Crippen LogP contribution in [0.3, 0.4) is 0 Å². The third-order valence-corrected chi connectivity index (χ3v) is 14.3. The molecule has 4 aromatic rings. The largest absolute Gasteiger partial charge is 0.357 e. The number of benzene rings is 2. The maximum absolute atomic E-state index is 14.6. The van der Waals surface area contributed by atoms with Gasteiger partial charge in [0.15, 0.2) is 0 Å². The number of hydrogen-bond donors (Lipinski definition) is 2. The molecule has 3 saturated heterocycles. The molecule has 0 aliphatic carbocycles. The number of para-hydroxylation sites is 1. The summed E-state index contributed by atoms with van der Waals surface area (Å²) >= 11 is 0. The molecule has 6 aliphatic rings. The van der Waals surface area contributed by atoms with Crippen LogP contribution in [0.15, 0.2) is 55.4 Å². The number of amides is 4. The average Bonchev–Trinajstić information content (AvgIpc) is 3.88. The number of carbonyl (C=O) groups excluding carboxylic acids is 4. The van der Waals surface area contributed by atoms with E-state index >= 15 is 0 Å². The van der Waals surface area contributed by atoms with Gasteiger partial charge in [-0.15, -0.1) is 0 Å². The minimum atomic E-state index is -2.86. The molecule has 0 radical (unpaired) electrons. The van der Waals surface area contributed by atoms with Gasteiger partial charge >= 0.3 is 0 Å². The predicted octanol–water partition coefficient (Wildman–Crippen LogP) is 5.41. The maximum Gasteiger partial charge on any atom is 0.259 e. The number of carbonyl (C=O) groups is 4. The van der Waals surface area contributed by atoms with Gasteiger partial charge in [0.25, 0.3) is 11.8 Å². The topological polar surface area (TPSA) is 138 Å². The van der Waals surface area contributed by atoms with Gasteiger partial charge in [-0.1, -0.05) is 24.8 Å². The van der Waals surface area contributed by atoms with E-state index in [2.05, 4.69) is 32.7 Å². The van der Waals surface area contributed by atoms with E-state index in [1.165, 1.54) is 10.5 Å². The Hall–Kier alpha value is -5.54. The molecule has 15 heteroatoms. The SMILES string of the molecule is C=C1c2cc3c(cc2C(=O)N1C1CCC(=O)NC1=O)CN(CC(=O)N1CCC2(CC1)CCN(c1ncc(C4c5[nH]c6ccccc6c5C[C@@H](C)N4CC(C)(F)F)cn1)CC2)C3. The van der Waals surface area contributed by atoms with Crippen LogP contribution < -0.4 is 10.2 Å². The zero-order valence-corrected chi connectivity index (χ0v) is 34.7. The monoisotopic (exact) mass is 831 g/mol. The molecule has 2 aromatic heterocycles.